The average molecular weight is 506 g/mol. The molecule has 2 saturated heterocycles. The molecule has 1 amide bonds. The van der Waals surface area contributed by atoms with Crippen LogP contribution in [0.2, 0.25) is 0 Å². The summed E-state index contributed by atoms with van der Waals surface area (Å²) >= 11 is 0. The van der Waals surface area contributed by atoms with Crippen LogP contribution in [0.25, 0.3) is 0 Å². The Morgan fingerprint density at radius 1 is 1.24 bits per heavy atom. The highest BCUT2D eigenvalue weighted by molar-refractivity contribution is 7.51. The third kappa shape index (κ3) is 8.61. The lowest BCUT2D eigenvalue weighted by atomic mass is 9.87. The van der Waals surface area contributed by atoms with E-state index in [1.165, 1.54) is 14.0 Å². The molecule has 0 saturated carbocycles. The Morgan fingerprint density at radius 2 is 1.91 bits per heavy atom. The molecule has 34 heavy (non-hydrogen) atoms. The normalized spacial score (nSPS) is 26.4. The molecule has 2 heterocycles. The van der Waals surface area contributed by atoms with Crippen molar-refractivity contribution in [3.05, 3.63) is 0 Å². The van der Waals surface area contributed by atoms with Crippen LogP contribution in [0, 0.1) is 11.3 Å². The first-order valence-corrected chi connectivity index (χ1v) is 13.5. The highest BCUT2D eigenvalue weighted by atomic mass is 31.2. The van der Waals surface area contributed by atoms with E-state index in [0.717, 1.165) is 38.9 Å². The smallest absolute Gasteiger partial charge is 0.407 e. The van der Waals surface area contributed by atoms with Gasteiger partial charge in [-0.1, -0.05) is 20.8 Å². The zero-order chi connectivity index (χ0) is 25.4. The second-order valence-corrected chi connectivity index (χ2v) is 11.4. The number of esters is 2. The van der Waals surface area contributed by atoms with Crippen molar-refractivity contribution in [2.75, 3.05) is 46.5 Å². The minimum atomic E-state index is -3.92. The average Bonchev–Trinajstić information content (AvgIpc) is 2.80. The van der Waals surface area contributed by atoms with Crippen molar-refractivity contribution in [3.63, 3.8) is 0 Å². The van der Waals surface area contributed by atoms with Gasteiger partial charge in [0, 0.05) is 12.0 Å². The molecular weight excluding hydrogens is 465 g/mol. The van der Waals surface area contributed by atoms with Crippen molar-refractivity contribution in [2.24, 2.45) is 11.3 Å². The molecule has 2 N–H and O–H groups in total. The number of likely N-dealkylation sites (tertiary alicyclic amines) is 1. The van der Waals surface area contributed by atoms with Gasteiger partial charge in [-0.2, -0.15) is 0 Å². The topological polar surface area (TPSA) is 132 Å². The molecule has 196 valence electrons. The van der Waals surface area contributed by atoms with Crippen LogP contribution < -0.4 is 10.4 Å². The van der Waals surface area contributed by atoms with Crippen LogP contribution in [-0.2, 0) is 37.5 Å². The lowest BCUT2D eigenvalue weighted by Gasteiger charge is -2.40. The fraction of sp³-hybridized carbons (Fsp3) is 0.864. The molecule has 2 rings (SSSR count). The Balaban J connectivity index is 1.76. The number of piperidine rings is 1. The minimum absolute atomic E-state index is 0.0254. The van der Waals surface area contributed by atoms with Crippen LogP contribution in [0.4, 0.5) is 0 Å². The van der Waals surface area contributed by atoms with E-state index in [1.54, 1.807) is 13.8 Å². The van der Waals surface area contributed by atoms with Gasteiger partial charge in [0.05, 0.1) is 26.7 Å². The molecule has 0 aromatic carbocycles. The van der Waals surface area contributed by atoms with Gasteiger partial charge >= 0.3 is 19.7 Å². The summed E-state index contributed by atoms with van der Waals surface area (Å²) in [4.78, 5) is 38.9. The van der Waals surface area contributed by atoms with Crippen LogP contribution >= 0.6 is 7.75 Å². The Morgan fingerprint density at radius 3 is 2.53 bits per heavy atom. The number of hydrogen-bond acceptors (Lipinski definition) is 9. The second kappa shape index (κ2) is 13.0. The molecule has 11 nitrogen and oxygen atoms in total. The first-order chi connectivity index (χ1) is 16.0. The van der Waals surface area contributed by atoms with Gasteiger partial charge < -0.3 is 19.7 Å². The second-order valence-electron chi connectivity index (χ2n) is 9.63. The van der Waals surface area contributed by atoms with E-state index in [4.69, 9.17) is 13.8 Å². The fourth-order valence-electron chi connectivity index (χ4n) is 3.93. The van der Waals surface area contributed by atoms with Gasteiger partial charge in [-0.05, 0) is 51.7 Å². The van der Waals surface area contributed by atoms with Gasteiger partial charge in [-0.3, -0.25) is 23.4 Å². The standard InChI is InChI=1S/C22H40N3O8P/c1-6-11-25-12-8-17(9-13-25)14-31-18(26)7-10-23-20(27)19-22(3,4)15-32-34(29,33-19)24-16(2)21(28)30-5/h16-17,19H,6-15H2,1-5H3,(H,23,27)(H,24,29)/t16-,19-,34?/m0/s1. The Bertz CT molecular complexity index is 754. The maximum absolute atomic E-state index is 12.9. The van der Waals surface area contributed by atoms with E-state index in [1.807, 2.05) is 0 Å². The maximum atomic E-state index is 12.9. The van der Waals surface area contributed by atoms with E-state index < -0.39 is 37.2 Å². The maximum Gasteiger partial charge on any atom is 0.407 e. The van der Waals surface area contributed by atoms with Crippen molar-refractivity contribution in [1.29, 1.82) is 0 Å². The molecule has 2 aliphatic rings. The lowest BCUT2D eigenvalue weighted by molar-refractivity contribution is -0.145. The highest BCUT2D eigenvalue weighted by Crippen LogP contribution is 2.53. The molecule has 0 bridgehead atoms. The molecule has 0 aromatic rings. The molecule has 0 aromatic heterocycles. The number of carbonyl (C=O) groups is 3. The third-order valence-electron chi connectivity index (χ3n) is 6.06. The molecular formula is C22H40N3O8P. The first kappa shape index (κ1) is 28.7. The predicted molar refractivity (Wildman–Crippen MR) is 125 cm³/mol. The van der Waals surface area contributed by atoms with E-state index in [0.29, 0.717) is 12.5 Å². The number of methoxy groups -OCH3 is 1. The van der Waals surface area contributed by atoms with Gasteiger partial charge in [0.15, 0.2) is 6.10 Å². The van der Waals surface area contributed by atoms with E-state index in [9.17, 15) is 18.9 Å². The number of carbonyl (C=O) groups excluding carboxylic acids is 3. The van der Waals surface area contributed by atoms with Crippen LogP contribution in [0.3, 0.4) is 0 Å². The van der Waals surface area contributed by atoms with Gasteiger partial charge in [-0.15, -0.1) is 0 Å². The largest absolute Gasteiger partial charge is 0.468 e. The van der Waals surface area contributed by atoms with E-state index >= 15 is 0 Å². The predicted octanol–water partition coefficient (Wildman–Crippen LogP) is 1.86. The number of rotatable bonds is 11. The Labute approximate surface area is 202 Å². The third-order valence-corrected chi connectivity index (χ3v) is 7.72. The van der Waals surface area contributed by atoms with Crippen molar-refractivity contribution in [2.45, 2.75) is 65.5 Å². The van der Waals surface area contributed by atoms with E-state index in [-0.39, 0.29) is 25.5 Å². The summed E-state index contributed by atoms with van der Waals surface area (Å²) in [5.41, 5.74) is -0.776. The monoisotopic (exact) mass is 505 g/mol. The first-order valence-electron chi connectivity index (χ1n) is 11.9. The van der Waals surface area contributed by atoms with Crippen molar-refractivity contribution >= 4 is 25.6 Å². The summed E-state index contributed by atoms with van der Waals surface area (Å²) in [6.45, 7) is 10.7. The molecule has 2 fully saturated rings. The zero-order valence-electron chi connectivity index (χ0n) is 21.0. The highest BCUT2D eigenvalue weighted by Gasteiger charge is 2.48. The van der Waals surface area contributed by atoms with Crippen molar-refractivity contribution in [3.8, 4) is 0 Å². The summed E-state index contributed by atoms with van der Waals surface area (Å²) in [6.07, 6.45) is 2.10. The summed E-state index contributed by atoms with van der Waals surface area (Å²) in [7, 11) is -2.71. The SMILES string of the molecule is CCCN1CCC(COC(=O)CCNC(=O)[C@@H]2OP(=O)(N[C@@H](C)C(=O)OC)OCC2(C)C)CC1. The Kier molecular flexibility index (Phi) is 11.0. The molecule has 0 aliphatic carbocycles. The fourth-order valence-corrected chi connectivity index (χ4v) is 5.87. The molecule has 3 atom stereocenters. The lowest BCUT2D eigenvalue weighted by Crippen LogP contribution is -2.51. The molecule has 0 spiro atoms. The summed E-state index contributed by atoms with van der Waals surface area (Å²) in [5.74, 6) is -1.16. The van der Waals surface area contributed by atoms with Crippen molar-refractivity contribution < 1.29 is 37.5 Å². The molecule has 1 unspecified atom stereocenters. The van der Waals surface area contributed by atoms with Crippen molar-refractivity contribution in [1.82, 2.24) is 15.3 Å². The van der Waals surface area contributed by atoms with Crippen LogP contribution in [0.1, 0.15) is 53.4 Å². The molecule has 2 aliphatic heterocycles. The number of ether oxygens (including phenoxy) is 2. The minimum Gasteiger partial charge on any atom is -0.468 e. The summed E-state index contributed by atoms with van der Waals surface area (Å²) in [5, 5.41) is 5.13. The number of nitrogens with zero attached hydrogens (tertiary/aromatic N) is 1. The number of nitrogens with one attached hydrogen (secondary N) is 2. The molecule has 12 heteroatoms. The van der Waals surface area contributed by atoms with Crippen LogP contribution in [0.5, 0.6) is 0 Å². The molecule has 0 radical (unpaired) electrons. The Hall–Kier alpha value is -1.52. The zero-order valence-corrected chi connectivity index (χ0v) is 21.9. The number of hydrogen-bond donors (Lipinski definition) is 2. The van der Waals surface area contributed by atoms with Crippen LogP contribution in [-0.4, -0.2) is 81.4 Å². The van der Waals surface area contributed by atoms with Crippen LogP contribution in [0.15, 0.2) is 0 Å². The summed E-state index contributed by atoms with van der Waals surface area (Å²) < 4.78 is 33.8. The van der Waals surface area contributed by atoms with Gasteiger partial charge in [0.2, 0.25) is 5.91 Å². The quantitative estimate of drug-likeness (QED) is 0.317. The van der Waals surface area contributed by atoms with Gasteiger partial charge in [-0.25, -0.2) is 9.65 Å². The number of amides is 1. The van der Waals surface area contributed by atoms with Gasteiger partial charge in [0.1, 0.15) is 6.04 Å². The van der Waals surface area contributed by atoms with Gasteiger partial charge in [0.25, 0.3) is 0 Å². The summed E-state index contributed by atoms with van der Waals surface area (Å²) in [6, 6.07) is -0.950. The van der Waals surface area contributed by atoms with E-state index in [2.05, 4.69) is 27.0 Å².